The fourth-order valence-electron chi connectivity index (χ4n) is 1.89. The van der Waals surface area contributed by atoms with E-state index < -0.39 is 4.92 Å². The molecule has 0 bridgehead atoms. The van der Waals surface area contributed by atoms with Crippen LogP contribution in [0.15, 0.2) is 18.2 Å². The predicted octanol–water partition coefficient (Wildman–Crippen LogP) is 2.85. The summed E-state index contributed by atoms with van der Waals surface area (Å²) in [6.45, 7) is 4.30. The second-order valence-electron chi connectivity index (χ2n) is 4.40. The lowest BCUT2D eigenvalue weighted by Crippen LogP contribution is -2.38. The molecular weight excluding hydrogens is 328 g/mol. The number of para-hydroxylation sites is 1. The average Bonchev–Trinajstić information content (AvgIpc) is 2.42. The Morgan fingerprint density at radius 3 is 2.60 bits per heavy atom. The van der Waals surface area contributed by atoms with Crippen molar-refractivity contribution in [2.75, 3.05) is 19.0 Å². The summed E-state index contributed by atoms with van der Waals surface area (Å²) >= 11 is 3.30. The van der Waals surface area contributed by atoms with Gasteiger partial charge in [-0.1, -0.05) is 22.0 Å². The van der Waals surface area contributed by atoms with Gasteiger partial charge in [0.05, 0.1) is 17.6 Å². The minimum Gasteiger partial charge on any atom is -0.490 e. The van der Waals surface area contributed by atoms with Crippen molar-refractivity contribution in [3.63, 3.8) is 0 Å². The zero-order chi connectivity index (χ0) is 15.3. The summed E-state index contributed by atoms with van der Waals surface area (Å²) in [5.41, 5.74) is -0.00255. The van der Waals surface area contributed by atoms with Gasteiger partial charge in [0.2, 0.25) is 5.75 Å². The summed E-state index contributed by atoms with van der Waals surface area (Å²) in [4.78, 5) is 24.6. The molecule has 0 unspecified atom stereocenters. The summed E-state index contributed by atoms with van der Waals surface area (Å²) in [5.74, 6) is -0.275. The van der Waals surface area contributed by atoms with Crippen LogP contribution in [0.1, 0.15) is 24.2 Å². The van der Waals surface area contributed by atoms with Crippen LogP contribution in [0.25, 0.3) is 0 Å². The van der Waals surface area contributed by atoms with E-state index in [0.717, 1.165) is 0 Å². The first-order chi connectivity index (χ1) is 9.43. The van der Waals surface area contributed by atoms with E-state index in [0.29, 0.717) is 11.9 Å². The van der Waals surface area contributed by atoms with Crippen LogP contribution in [0.4, 0.5) is 5.69 Å². The van der Waals surface area contributed by atoms with Crippen molar-refractivity contribution < 1.29 is 14.5 Å². The van der Waals surface area contributed by atoms with E-state index in [-0.39, 0.29) is 28.9 Å². The molecule has 0 radical (unpaired) electrons. The summed E-state index contributed by atoms with van der Waals surface area (Å²) in [5, 5.41) is 11.6. The topological polar surface area (TPSA) is 72.7 Å². The number of nitrogens with zero attached hydrogens (tertiary/aromatic N) is 2. The molecule has 0 aliphatic heterocycles. The van der Waals surface area contributed by atoms with Crippen molar-refractivity contribution in [1.29, 1.82) is 0 Å². The molecule has 110 valence electrons. The van der Waals surface area contributed by atoms with E-state index in [2.05, 4.69) is 15.9 Å². The maximum Gasteiger partial charge on any atom is 0.311 e. The van der Waals surface area contributed by atoms with Gasteiger partial charge in [0.25, 0.3) is 5.91 Å². The summed E-state index contributed by atoms with van der Waals surface area (Å²) in [6, 6.07) is 4.34. The predicted molar refractivity (Wildman–Crippen MR) is 79.6 cm³/mol. The van der Waals surface area contributed by atoms with Crippen LogP contribution in [0, 0.1) is 10.1 Å². The number of rotatable bonds is 6. The first-order valence-corrected chi connectivity index (χ1v) is 7.24. The van der Waals surface area contributed by atoms with E-state index in [1.807, 2.05) is 13.8 Å². The number of hydrogen-bond acceptors (Lipinski definition) is 4. The zero-order valence-electron chi connectivity index (χ0n) is 11.6. The third kappa shape index (κ3) is 3.47. The lowest BCUT2D eigenvalue weighted by molar-refractivity contribution is -0.385. The molecule has 0 aliphatic carbocycles. The Morgan fingerprint density at radius 1 is 1.50 bits per heavy atom. The molecule has 1 amide bonds. The molecule has 0 aliphatic rings. The molecule has 0 heterocycles. The normalized spacial score (nSPS) is 10.4. The van der Waals surface area contributed by atoms with Crippen LogP contribution >= 0.6 is 15.9 Å². The number of nitro groups is 1. The Labute approximate surface area is 126 Å². The minimum atomic E-state index is -0.556. The summed E-state index contributed by atoms with van der Waals surface area (Å²) in [6.07, 6.45) is 0. The van der Waals surface area contributed by atoms with Gasteiger partial charge in [0.15, 0.2) is 0 Å². The van der Waals surface area contributed by atoms with Crippen LogP contribution in [0.2, 0.25) is 0 Å². The molecule has 1 rings (SSSR count). The second-order valence-corrected chi connectivity index (χ2v) is 5.19. The Balaban J connectivity index is 3.27. The summed E-state index contributed by atoms with van der Waals surface area (Å²) < 4.78 is 5.07. The molecule has 0 saturated carbocycles. The number of halogens is 1. The van der Waals surface area contributed by atoms with Crippen LogP contribution in [-0.2, 0) is 0 Å². The van der Waals surface area contributed by atoms with E-state index >= 15 is 0 Å². The maximum atomic E-state index is 12.5. The molecule has 20 heavy (non-hydrogen) atoms. The van der Waals surface area contributed by atoms with Crippen molar-refractivity contribution in [2.45, 2.75) is 19.9 Å². The lowest BCUT2D eigenvalue weighted by atomic mass is 10.1. The number of methoxy groups -OCH3 is 1. The molecule has 0 fully saturated rings. The number of amides is 1. The van der Waals surface area contributed by atoms with Gasteiger partial charge in [-0.15, -0.1) is 0 Å². The highest BCUT2D eigenvalue weighted by molar-refractivity contribution is 9.09. The van der Waals surface area contributed by atoms with Crippen LogP contribution in [-0.4, -0.2) is 40.8 Å². The maximum absolute atomic E-state index is 12.5. The quantitative estimate of drug-likeness (QED) is 0.451. The number of benzene rings is 1. The number of ether oxygens (including phenoxy) is 1. The molecule has 0 saturated heterocycles. The first kappa shape index (κ1) is 16.4. The van der Waals surface area contributed by atoms with E-state index in [1.165, 1.54) is 25.3 Å². The van der Waals surface area contributed by atoms with Gasteiger partial charge in [0.1, 0.15) is 0 Å². The Hall–Kier alpha value is -1.63. The zero-order valence-corrected chi connectivity index (χ0v) is 13.2. The van der Waals surface area contributed by atoms with Gasteiger partial charge in [-0.05, 0) is 19.9 Å². The smallest absolute Gasteiger partial charge is 0.311 e. The minimum absolute atomic E-state index is 0.00252. The van der Waals surface area contributed by atoms with Crippen molar-refractivity contribution >= 4 is 27.5 Å². The van der Waals surface area contributed by atoms with Crippen molar-refractivity contribution in [3.8, 4) is 5.75 Å². The average molecular weight is 345 g/mol. The third-order valence-electron chi connectivity index (χ3n) is 2.84. The van der Waals surface area contributed by atoms with Crippen LogP contribution in [0.3, 0.4) is 0 Å². The van der Waals surface area contributed by atoms with Gasteiger partial charge in [-0.25, -0.2) is 0 Å². The SMILES string of the molecule is COc1c(C(=O)N(CCBr)C(C)C)cccc1[N+](=O)[O-]. The van der Waals surface area contributed by atoms with Gasteiger partial charge in [-0.2, -0.15) is 0 Å². The lowest BCUT2D eigenvalue weighted by Gasteiger charge is -2.26. The number of carbonyl (C=O) groups is 1. The molecular formula is C13H17BrN2O4. The number of alkyl halides is 1. The molecule has 1 aromatic rings. The molecule has 1 aromatic carbocycles. The molecule has 0 aromatic heterocycles. The second kappa shape index (κ2) is 7.23. The fourth-order valence-corrected chi connectivity index (χ4v) is 2.27. The Morgan fingerprint density at radius 2 is 2.15 bits per heavy atom. The number of carbonyl (C=O) groups excluding carboxylic acids is 1. The Bertz CT molecular complexity index is 505. The van der Waals surface area contributed by atoms with Crippen molar-refractivity contribution in [3.05, 3.63) is 33.9 Å². The standard InChI is InChI=1S/C13H17BrN2O4/c1-9(2)15(8-7-14)13(17)10-5-4-6-11(16(18)19)12(10)20-3/h4-6,9H,7-8H2,1-3H3. The van der Waals surface area contributed by atoms with Gasteiger partial charge >= 0.3 is 5.69 Å². The van der Waals surface area contributed by atoms with Gasteiger partial charge in [-0.3, -0.25) is 14.9 Å². The number of nitro benzene ring substituents is 1. The molecule has 6 nitrogen and oxygen atoms in total. The largest absolute Gasteiger partial charge is 0.490 e. The van der Waals surface area contributed by atoms with Gasteiger partial charge < -0.3 is 9.64 Å². The number of hydrogen-bond donors (Lipinski definition) is 0. The molecule has 0 N–H and O–H groups in total. The molecule has 0 atom stereocenters. The summed E-state index contributed by atoms with van der Waals surface area (Å²) in [7, 11) is 1.32. The van der Waals surface area contributed by atoms with Crippen molar-refractivity contribution in [2.24, 2.45) is 0 Å². The van der Waals surface area contributed by atoms with E-state index in [1.54, 1.807) is 4.90 Å². The van der Waals surface area contributed by atoms with Crippen molar-refractivity contribution in [1.82, 2.24) is 4.90 Å². The van der Waals surface area contributed by atoms with Gasteiger partial charge in [0, 0.05) is 24.0 Å². The van der Waals surface area contributed by atoms with Crippen LogP contribution in [0.5, 0.6) is 5.75 Å². The van der Waals surface area contributed by atoms with E-state index in [9.17, 15) is 14.9 Å². The highest BCUT2D eigenvalue weighted by Gasteiger charge is 2.26. The third-order valence-corrected chi connectivity index (χ3v) is 3.19. The van der Waals surface area contributed by atoms with E-state index in [4.69, 9.17) is 4.74 Å². The monoisotopic (exact) mass is 344 g/mol. The fraction of sp³-hybridized carbons (Fsp3) is 0.462. The molecule has 0 spiro atoms. The highest BCUT2D eigenvalue weighted by atomic mass is 79.9. The Kier molecular flexibility index (Phi) is 5.94. The first-order valence-electron chi connectivity index (χ1n) is 6.12. The van der Waals surface area contributed by atoms with Crippen LogP contribution < -0.4 is 4.74 Å². The molecule has 7 heteroatoms. The highest BCUT2D eigenvalue weighted by Crippen LogP contribution is 2.31.